The van der Waals surface area contributed by atoms with Crippen molar-refractivity contribution in [1.82, 2.24) is 4.98 Å². The summed E-state index contributed by atoms with van der Waals surface area (Å²) in [5, 5.41) is 8.70. The van der Waals surface area contributed by atoms with Crippen molar-refractivity contribution in [3.05, 3.63) is 53.1 Å². The topological polar surface area (TPSA) is 96.4 Å². The number of nitrogens with zero attached hydrogens (tertiary/aromatic N) is 1. The van der Waals surface area contributed by atoms with Gasteiger partial charge in [0.1, 0.15) is 10.7 Å². The van der Waals surface area contributed by atoms with Crippen molar-refractivity contribution in [2.24, 2.45) is 0 Å². The van der Waals surface area contributed by atoms with Crippen molar-refractivity contribution in [2.45, 2.75) is 4.90 Å². The van der Waals surface area contributed by atoms with E-state index in [4.69, 9.17) is 16.7 Å². The van der Waals surface area contributed by atoms with E-state index < -0.39 is 21.8 Å². The van der Waals surface area contributed by atoms with Crippen LogP contribution in [0.4, 0.5) is 10.1 Å². The maximum absolute atomic E-state index is 13.0. The summed E-state index contributed by atoms with van der Waals surface area (Å²) in [5.74, 6) is -2.03. The third-order valence-electron chi connectivity index (χ3n) is 2.44. The van der Waals surface area contributed by atoms with E-state index in [9.17, 15) is 17.6 Å². The zero-order valence-electron chi connectivity index (χ0n) is 10.2. The smallest absolute Gasteiger partial charge is 0.337 e. The molecule has 0 bridgehead atoms. The Morgan fingerprint density at radius 2 is 2.00 bits per heavy atom. The van der Waals surface area contributed by atoms with Crippen molar-refractivity contribution >= 4 is 33.3 Å². The summed E-state index contributed by atoms with van der Waals surface area (Å²) in [5.41, 5.74) is -0.110. The van der Waals surface area contributed by atoms with E-state index in [2.05, 4.69) is 9.71 Å². The molecule has 0 spiro atoms. The largest absolute Gasteiger partial charge is 0.478 e. The highest BCUT2D eigenvalue weighted by Crippen LogP contribution is 2.23. The summed E-state index contributed by atoms with van der Waals surface area (Å²) >= 11 is 5.74. The molecule has 6 nitrogen and oxygen atoms in total. The number of nitrogens with one attached hydrogen (secondary N) is 1. The molecule has 2 aromatic rings. The minimum atomic E-state index is -4.04. The normalized spacial score (nSPS) is 11.1. The summed E-state index contributed by atoms with van der Waals surface area (Å²) in [7, 11) is -4.04. The summed E-state index contributed by atoms with van der Waals surface area (Å²) in [6.45, 7) is 0. The number of halogens is 2. The predicted molar refractivity (Wildman–Crippen MR) is 73.4 cm³/mol. The average Bonchev–Trinajstić information content (AvgIpc) is 2.37. The Morgan fingerprint density at radius 1 is 1.29 bits per heavy atom. The third kappa shape index (κ3) is 3.47. The second-order valence-corrected chi connectivity index (χ2v) is 6.03. The van der Waals surface area contributed by atoms with Gasteiger partial charge in [0, 0.05) is 6.20 Å². The molecular formula is C12H8ClFN2O4S. The first-order valence-corrected chi connectivity index (χ1v) is 7.32. The number of carboxylic acid groups (broad SMARTS) is 1. The fourth-order valence-electron chi connectivity index (χ4n) is 1.51. The van der Waals surface area contributed by atoms with Gasteiger partial charge in [0.15, 0.2) is 0 Å². The lowest BCUT2D eigenvalue weighted by molar-refractivity contribution is 0.0697. The Bertz CT molecular complexity index is 811. The molecule has 0 atom stereocenters. The van der Waals surface area contributed by atoms with Gasteiger partial charge in [-0.2, -0.15) is 0 Å². The second-order valence-electron chi connectivity index (χ2n) is 3.94. The monoisotopic (exact) mass is 330 g/mol. The van der Waals surface area contributed by atoms with Crippen LogP contribution in [0.2, 0.25) is 5.02 Å². The molecule has 0 unspecified atom stereocenters. The van der Waals surface area contributed by atoms with Crippen LogP contribution in [0.15, 0.2) is 41.6 Å². The molecule has 0 radical (unpaired) electrons. The molecule has 2 rings (SSSR count). The van der Waals surface area contributed by atoms with E-state index in [1.54, 1.807) is 0 Å². The zero-order valence-corrected chi connectivity index (χ0v) is 11.8. The minimum absolute atomic E-state index is 0.0502. The molecule has 0 aliphatic heterocycles. The van der Waals surface area contributed by atoms with E-state index >= 15 is 0 Å². The van der Waals surface area contributed by atoms with Gasteiger partial charge in [-0.1, -0.05) is 11.6 Å². The number of hydrogen-bond acceptors (Lipinski definition) is 4. The maximum atomic E-state index is 13.0. The van der Waals surface area contributed by atoms with Gasteiger partial charge in [-0.15, -0.1) is 0 Å². The molecule has 1 heterocycles. The number of pyridine rings is 1. The van der Waals surface area contributed by atoms with E-state index in [0.29, 0.717) is 0 Å². The van der Waals surface area contributed by atoms with Crippen LogP contribution in [0.5, 0.6) is 0 Å². The van der Waals surface area contributed by atoms with Crippen LogP contribution in [0.3, 0.4) is 0 Å². The van der Waals surface area contributed by atoms with Crippen LogP contribution < -0.4 is 4.72 Å². The number of anilines is 1. The molecule has 1 aromatic heterocycles. The fourth-order valence-corrected chi connectivity index (χ4v) is 2.79. The SMILES string of the molecule is O=C(O)c1ccc(NS(=O)(=O)c2cncc(F)c2)cc1Cl. The minimum Gasteiger partial charge on any atom is -0.478 e. The lowest BCUT2D eigenvalue weighted by Gasteiger charge is -2.09. The van der Waals surface area contributed by atoms with E-state index in [1.165, 1.54) is 6.07 Å². The van der Waals surface area contributed by atoms with Gasteiger partial charge >= 0.3 is 5.97 Å². The van der Waals surface area contributed by atoms with Crippen molar-refractivity contribution in [3.8, 4) is 0 Å². The lowest BCUT2D eigenvalue weighted by atomic mass is 10.2. The number of aromatic nitrogens is 1. The van der Waals surface area contributed by atoms with Crippen LogP contribution >= 0.6 is 11.6 Å². The highest BCUT2D eigenvalue weighted by Gasteiger charge is 2.17. The van der Waals surface area contributed by atoms with Crippen LogP contribution in [0.25, 0.3) is 0 Å². The van der Waals surface area contributed by atoms with Crippen LogP contribution in [-0.2, 0) is 10.0 Å². The van der Waals surface area contributed by atoms with Crippen LogP contribution in [0.1, 0.15) is 10.4 Å². The first-order valence-electron chi connectivity index (χ1n) is 5.46. The standard InChI is InChI=1S/C12H8ClFN2O4S/c13-11-4-8(1-2-10(11)12(17)18)16-21(19,20)9-3-7(14)5-15-6-9/h1-6,16H,(H,17,18). The number of aromatic carboxylic acids is 1. The van der Waals surface area contributed by atoms with Gasteiger partial charge in [0.25, 0.3) is 10.0 Å². The summed E-state index contributed by atoms with van der Waals surface area (Å²) < 4.78 is 39.2. The summed E-state index contributed by atoms with van der Waals surface area (Å²) in [4.78, 5) is 13.9. The number of rotatable bonds is 4. The number of carbonyl (C=O) groups is 1. The molecule has 0 saturated carbocycles. The van der Waals surface area contributed by atoms with Gasteiger partial charge in [0.05, 0.1) is 22.5 Å². The molecule has 0 amide bonds. The molecule has 1 aromatic carbocycles. The van der Waals surface area contributed by atoms with Gasteiger partial charge in [-0.05, 0) is 24.3 Å². The molecule has 0 aliphatic rings. The Hall–Kier alpha value is -2.19. The highest BCUT2D eigenvalue weighted by atomic mass is 35.5. The second kappa shape index (κ2) is 5.66. The molecule has 9 heteroatoms. The Kier molecular flexibility index (Phi) is 4.10. The number of hydrogen-bond donors (Lipinski definition) is 2. The average molecular weight is 331 g/mol. The lowest BCUT2D eigenvalue weighted by Crippen LogP contribution is -2.13. The first kappa shape index (κ1) is 15.2. The molecule has 2 N–H and O–H groups in total. The van der Waals surface area contributed by atoms with Crippen LogP contribution in [-0.4, -0.2) is 24.5 Å². The predicted octanol–water partition coefficient (Wildman–Crippen LogP) is 2.37. The van der Waals surface area contributed by atoms with Crippen molar-refractivity contribution in [2.75, 3.05) is 4.72 Å². The Balaban J connectivity index is 2.33. The van der Waals surface area contributed by atoms with Crippen molar-refractivity contribution in [1.29, 1.82) is 0 Å². The van der Waals surface area contributed by atoms with Crippen molar-refractivity contribution < 1.29 is 22.7 Å². The molecule has 0 saturated heterocycles. The van der Waals surface area contributed by atoms with Gasteiger partial charge in [0.2, 0.25) is 0 Å². The highest BCUT2D eigenvalue weighted by molar-refractivity contribution is 7.92. The number of sulfonamides is 1. The zero-order chi connectivity index (χ0) is 15.6. The van der Waals surface area contributed by atoms with E-state index in [-0.39, 0.29) is 21.2 Å². The summed E-state index contributed by atoms with van der Waals surface area (Å²) in [6, 6.07) is 4.35. The third-order valence-corrected chi connectivity index (χ3v) is 4.10. The Morgan fingerprint density at radius 3 is 2.57 bits per heavy atom. The van der Waals surface area contributed by atoms with Crippen molar-refractivity contribution in [3.63, 3.8) is 0 Å². The van der Waals surface area contributed by atoms with Gasteiger partial charge in [-0.25, -0.2) is 17.6 Å². The number of benzene rings is 1. The van der Waals surface area contributed by atoms with E-state index in [0.717, 1.165) is 30.6 Å². The molecule has 0 aliphatic carbocycles. The summed E-state index contributed by atoms with van der Waals surface area (Å²) in [6.07, 6.45) is 1.86. The van der Waals surface area contributed by atoms with Gasteiger partial charge < -0.3 is 5.11 Å². The van der Waals surface area contributed by atoms with Gasteiger partial charge in [-0.3, -0.25) is 9.71 Å². The van der Waals surface area contributed by atoms with Crippen LogP contribution in [0, 0.1) is 5.82 Å². The molecular weight excluding hydrogens is 323 g/mol. The molecule has 0 fully saturated rings. The fraction of sp³-hybridized carbons (Fsp3) is 0. The Labute approximate surface area is 124 Å². The molecule has 21 heavy (non-hydrogen) atoms. The van der Waals surface area contributed by atoms with E-state index in [1.807, 2.05) is 0 Å². The maximum Gasteiger partial charge on any atom is 0.337 e. The quantitative estimate of drug-likeness (QED) is 0.897. The molecule has 110 valence electrons. The first-order chi connectivity index (χ1) is 9.79. The number of carboxylic acids is 1.